The van der Waals surface area contributed by atoms with Crippen LogP contribution >= 0.6 is 0 Å². The fraction of sp³-hybridized carbons (Fsp3) is 0.933. The number of hydrogen-bond donors (Lipinski definition) is 2. The standard InChI is InChI=1S/C15H33N3O/c1-6-10-17-15(4,14(16)19)9-7-8-11-18(5)12-13(2)3/h13,17H,6-12H2,1-5H3,(H2,16,19). The summed E-state index contributed by atoms with van der Waals surface area (Å²) in [5.74, 6) is 0.462. The monoisotopic (exact) mass is 271 g/mol. The Hall–Kier alpha value is -0.610. The van der Waals surface area contributed by atoms with Gasteiger partial charge < -0.3 is 16.0 Å². The van der Waals surface area contributed by atoms with Gasteiger partial charge in [0, 0.05) is 6.54 Å². The maximum absolute atomic E-state index is 11.5. The van der Waals surface area contributed by atoms with Crippen LogP contribution in [0.15, 0.2) is 0 Å². The van der Waals surface area contributed by atoms with E-state index in [1.165, 1.54) is 0 Å². The van der Waals surface area contributed by atoms with Crippen LogP contribution in [0, 0.1) is 5.92 Å². The zero-order valence-corrected chi connectivity index (χ0v) is 13.5. The van der Waals surface area contributed by atoms with Crippen LogP contribution in [-0.4, -0.2) is 43.0 Å². The second-order valence-corrected chi connectivity index (χ2v) is 6.24. The van der Waals surface area contributed by atoms with Gasteiger partial charge in [-0.25, -0.2) is 0 Å². The van der Waals surface area contributed by atoms with Crippen LogP contribution in [-0.2, 0) is 4.79 Å². The van der Waals surface area contributed by atoms with E-state index in [0.717, 1.165) is 45.3 Å². The lowest BCUT2D eigenvalue weighted by Gasteiger charge is -2.28. The van der Waals surface area contributed by atoms with E-state index in [2.05, 4.69) is 38.0 Å². The fourth-order valence-corrected chi connectivity index (χ4v) is 2.27. The van der Waals surface area contributed by atoms with Crippen molar-refractivity contribution in [1.82, 2.24) is 10.2 Å². The van der Waals surface area contributed by atoms with Crippen molar-refractivity contribution in [2.75, 3.05) is 26.7 Å². The van der Waals surface area contributed by atoms with Gasteiger partial charge >= 0.3 is 0 Å². The molecule has 0 fully saturated rings. The van der Waals surface area contributed by atoms with E-state index in [1.807, 2.05) is 6.92 Å². The molecule has 0 aliphatic heterocycles. The third-order valence-corrected chi connectivity index (χ3v) is 3.45. The third-order valence-electron chi connectivity index (χ3n) is 3.45. The van der Waals surface area contributed by atoms with Gasteiger partial charge in [0.2, 0.25) is 5.91 Å². The van der Waals surface area contributed by atoms with Crippen LogP contribution in [0.3, 0.4) is 0 Å². The first-order chi connectivity index (χ1) is 8.81. The molecule has 0 heterocycles. The van der Waals surface area contributed by atoms with Crippen molar-refractivity contribution in [3.63, 3.8) is 0 Å². The van der Waals surface area contributed by atoms with Crippen LogP contribution in [0.1, 0.15) is 53.4 Å². The lowest BCUT2D eigenvalue weighted by atomic mass is 9.93. The van der Waals surface area contributed by atoms with Gasteiger partial charge in [0.15, 0.2) is 0 Å². The summed E-state index contributed by atoms with van der Waals surface area (Å²) in [6, 6.07) is 0. The first-order valence-electron chi connectivity index (χ1n) is 7.55. The average molecular weight is 271 g/mol. The first kappa shape index (κ1) is 18.4. The second-order valence-electron chi connectivity index (χ2n) is 6.24. The van der Waals surface area contributed by atoms with Gasteiger partial charge in [0.05, 0.1) is 5.54 Å². The van der Waals surface area contributed by atoms with E-state index in [0.29, 0.717) is 5.92 Å². The van der Waals surface area contributed by atoms with Gasteiger partial charge in [0.25, 0.3) is 0 Å². The van der Waals surface area contributed by atoms with Crippen molar-refractivity contribution < 1.29 is 4.79 Å². The Morgan fingerprint density at radius 1 is 1.37 bits per heavy atom. The van der Waals surface area contributed by atoms with E-state index in [-0.39, 0.29) is 5.91 Å². The minimum absolute atomic E-state index is 0.239. The van der Waals surface area contributed by atoms with Gasteiger partial charge in [-0.3, -0.25) is 4.79 Å². The lowest BCUT2D eigenvalue weighted by Crippen LogP contribution is -2.53. The molecule has 19 heavy (non-hydrogen) atoms. The van der Waals surface area contributed by atoms with E-state index >= 15 is 0 Å². The normalized spacial score (nSPS) is 14.9. The maximum atomic E-state index is 11.5. The number of unbranched alkanes of at least 4 members (excludes halogenated alkanes) is 1. The Labute approximate surface area is 119 Å². The molecule has 0 bridgehead atoms. The third kappa shape index (κ3) is 8.22. The highest BCUT2D eigenvalue weighted by Crippen LogP contribution is 2.14. The number of rotatable bonds is 11. The number of nitrogens with two attached hydrogens (primary N) is 1. The SMILES string of the molecule is CCCNC(C)(CCCCN(C)CC(C)C)C(N)=O. The second kappa shape index (κ2) is 9.32. The summed E-state index contributed by atoms with van der Waals surface area (Å²) in [5.41, 5.74) is 4.96. The smallest absolute Gasteiger partial charge is 0.237 e. The molecular formula is C15H33N3O. The molecule has 0 saturated carbocycles. The summed E-state index contributed by atoms with van der Waals surface area (Å²) < 4.78 is 0. The Morgan fingerprint density at radius 3 is 2.47 bits per heavy atom. The van der Waals surface area contributed by atoms with Crippen LogP contribution in [0.25, 0.3) is 0 Å². The van der Waals surface area contributed by atoms with Crippen LogP contribution in [0.4, 0.5) is 0 Å². The molecule has 0 aromatic rings. The van der Waals surface area contributed by atoms with E-state index in [4.69, 9.17) is 5.73 Å². The van der Waals surface area contributed by atoms with Crippen molar-refractivity contribution in [2.24, 2.45) is 11.7 Å². The molecule has 0 rings (SSSR count). The molecule has 3 N–H and O–H groups in total. The van der Waals surface area contributed by atoms with Gasteiger partial charge in [0.1, 0.15) is 0 Å². The van der Waals surface area contributed by atoms with Crippen LogP contribution < -0.4 is 11.1 Å². The topological polar surface area (TPSA) is 58.4 Å². The van der Waals surface area contributed by atoms with Crippen molar-refractivity contribution in [2.45, 2.75) is 58.9 Å². The van der Waals surface area contributed by atoms with Crippen molar-refractivity contribution >= 4 is 5.91 Å². The van der Waals surface area contributed by atoms with Crippen molar-refractivity contribution in [1.29, 1.82) is 0 Å². The number of primary amides is 1. The average Bonchev–Trinajstić information content (AvgIpc) is 2.31. The predicted octanol–water partition coefficient (Wildman–Crippen LogP) is 1.99. The number of nitrogens with one attached hydrogen (secondary N) is 1. The highest BCUT2D eigenvalue weighted by molar-refractivity contribution is 5.84. The molecular weight excluding hydrogens is 238 g/mol. The molecule has 1 atom stereocenters. The minimum Gasteiger partial charge on any atom is -0.368 e. The summed E-state index contributed by atoms with van der Waals surface area (Å²) in [4.78, 5) is 13.9. The molecule has 0 radical (unpaired) electrons. The quantitative estimate of drug-likeness (QED) is 0.565. The van der Waals surface area contributed by atoms with Crippen LogP contribution in [0.5, 0.6) is 0 Å². The molecule has 0 aliphatic rings. The molecule has 1 unspecified atom stereocenters. The first-order valence-corrected chi connectivity index (χ1v) is 7.55. The number of carbonyl (C=O) groups excluding carboxylic acids is 1. The van der Waals surface area contributed by atoms with E-state index in [9.17, 15) is 4.79 Å². The zero-order chi connectivity index (χ0) is 14.9. The Balaban J connectivity index is 3.97. The number of amides is 1. The molecule has 0 aromatic heterocycles. The zero-order valence-electron chi connectivity index (χ0n) is 13.5. The van der Waals surface area contributed by atoms with Crippen LogP contribution in [0.2, 0.25) is 0 Å². The van der Waals surface area contributed by atoms with Gasteiger partial charge in [-0.1, -0.05) is 20.8 Å². The Morgan fingerprint density at radius 2 is 2.00 bits per heavy atom. The summed E-state index contributed by atoms with van der Waals surface area (Å²) in [6.45, 7) is 11.5. The predicted molar refractivity (Wildman–Crippen MR) is 82.1 cm³/mol. The highest BCUT2D eigenvalue weighted by atomic mass is 16.1. The summed E-state index contributed by atoms with van der Waals surface area (Å²) in [6.07, 6.45) is 3.97. The highest BCUT2D eigenvalue weighted by Gasteiger charge is 2.29. The van der Waals surface area contributed by atoms with Crippen molar-refractivity contribution in [3.8, 4) is 0 Å². The maximum Gasteiger partial charge on any atom is 0.237 e. The molecule has 0 aromatic carbocycles. The van der Waals surface area contributed by atoms with Gasteiger partial charge in [-0.15, -0.1) is 0 Å². The summed E-state index contributed by atoms with van der Waals surface area (Å²) in [7, 11) is 2.16. The summed E-state index contributed by atoms with van der Waals surface area (Å²) in [5, 5.41) is 3.28. The van der Waals surface area contributed by atoms with Crippen molar-refractivity contribution in [3.05, 3.63) is 0 Å². The lowest BCUT2D eigenvalue weighted by molar-refractivity contribution is -0.124. The molecule has 0 aliphatic carbocycles. The number of carbonyl (C=O) groups is 1. The molecule has 1 amide bonds. The number of hydrogen-bond acceptors (Lipinski definition) is 3. The Bertz CT molecular complexity index is 256. The van der Waals surface area contributed by atoms with Gasteiger partial charge in [-0.2, -0.15) is 0 Å². The van der Waals surface area contributed by atoms with Gasteiger partial charge in [-0.05, 0) is 58.7 Å². The molecule has 4 nitrogen and oxygen atoms in total. The molecule has 0 saturated heterocycles. The minimum atomic E-state index is -0.549. The largest absolute Gasteiger partial charge is 0.368 e. The number of nitrogens with zero attached hydrogens (tertiary/aromatic N) is 1. The van der Waals surface area contributed by atoms with E-state index < -0.39 is 5.54 Å². The van der Waals surface area contributed by atoms with E-state index in [1.54, 1.807) is 0 Å². The fourth-order valence-electron chi connectivity index (χ4n) is 2.27. The Kier molecular flexibility index (Phi) is 9.02. The molecule has 114 valence electrons. The molecule has 4 heteroatoms. The molecule has 0 spiro atoms. The summed E-state index contributed by atoms with van der Waals surface area (Å²) >= 11 is 0.